The molecule has 0 aromatic carbocycles. The normalized spacial score (nSPS) is 12.9. The average molecular weight is 371 g/mol. The van der Waals surface area contributed by atoms with Gasteiger partial charge in [0.2, 0.25) is 0 Å². The van der Waals surface area contributed by atoms with Gasteiger partial charge in [-0.15, -0.1) is 0 Å². The molecule has 0 N–H and O–H groups in total. The molecule has 0 aliphatic rings. The lowest BCUT2D eigenvalue weighted by Gasteiger charge is -2.10. The maximum atomic E-state index is 8.87. The van der Waals surface area contributed by atoms with Gasteiger partial charge in [-0.2, -0.15) is 21.0 Å². The highest BCUT2D eigenvalue weighted by Gasteiger charge is 2.12. The maximum absolute atomic E-state index is 8.87. The largest absolute Gasteiger partial charge is 0.198 e. The molecule has 0 fully saturated rings. The van der Waals surface area contributed by atoms with Gasteiger partial charge in [-0.3, -0.25) is 0 Å². The van der Waals surface area contributed by atoms with Gasteiger partial charge in [-0.25, -0.2) is 0 Å². The number of unbranched alkanes of at least 4 members (excludes halogenated alkanes) is 8. The SMILES string of the molecule is CC(C#N)CCCC(C#N)CC(C)C#N.CCCCCCCCCCC#N. The zero-order chi connectivity index (χ0) is 20.8. The van der Waals surface area contributed by atoms with Crippen LogP contribution in [0.5, 0.6) is 0 Å². The summed E-state index contributed by atoms with van der Waals surface area (Å²) in [7, 11) is 0. The van der Waals surface area contributed by atoms with Crippen molar-refractivity contribution in [1.29, 1.82) is 21.0 Å². The highest BCUT2D eigenvalue weighted by molar-refractivity contribution is 4.90. The molecule has 0 aromatic rings. The molecule has 0 saturated heterocycles. The van der Waals surface area contributed by atoms with Crippen molar-refractivity contribution in [3.8, 4) is 24.3 Å². The van der Waals surface area contributed by atoms with Crippen LogP contribution in [-0.4, -0.2) is 0 Å². The van der Waals surface area contributed by atoms with E-state index in [1.807, 2.05) is 13.8 Å². The Morgan fingerprint density at radius 2 is 1.19 bits per heavy atom. The Balaban J connectivity index is 0. The summed E-state index contributed by atoms with van der Waals surface area (Å²) in [6.07, 6.45) is 14.5. The minimum Gasteiger partial charge on any atom is -0.198 e. The van der Waals surface area contributed by atoms with E-state index in [9.17, 15) is 0 Å². The zero-order valence-electron chi connectivity index (χ0n) is 17.7. The Morgan fingerprint density at radius 1 is 0.630 bits per heavy atom. The fraction of sp³-hybridized carbons (Fsp3) is 0.826. The Labute approximate surface area is 167 Å². The van der Waals surface area contributed by atoms with Gasteiger partial charge in [0, 0.05) is 24.2 Å². The highest BCUT2D eigenvalue weighted by atomic mass is 14.3. The number of nitrogens with zero attached hydrogens (tertiary/aromatic N) is 4. The van der Waals surface area contributed by atoms with E-state index in [0.29, 0.717) is 6.42 Å². The van der Waals surface area contributed by atoms with Crippen LogP contribution in [0.25, 0.3) is 0 Å². The summed E-state index contributed by atoms with van der Waals surface area (Å²) in [5, 5.41) is 34.4. The van der Waals surface area contributed by atoms with Crippen molar-refractivity contribution in [2.45, 2.75) is 104 Å². The second kappa shape index (κ2) is 22.0. The van der Waals surface area contributed by atoms with E-state index < -0.39 is 0 Å². The summed E-state index contributed by atoms with van der Waals surface area (Å²) in [6, 6.07) is 8.71. The number of rotatable bonds is 14. The van der Waals surface area contributed by atoms with Crippen LogP contribution >= 0.6 is 0 Å². The van der Waals surface area contributed by atoms with Gasteiger partial charge in [-0.05, 0) is 39.5 Å². The van der Waals surface area contributed by atoms with E-state index in [2.05, 4.69) is 31.2 Å². The lowest BCUT2D eigenvalue weighted by molar-refractivity contribution is 0.458. The Morgan fingerprint density at radius 3 is 1.67 bits per heavy atom. The van der Waals surface area contributed by atoms with E-state index in [1.165, 1.54) is 44.9 Å². The minimum absolute atomic E-state index is 0.0365. The molecule has 0 aliphatic carbocycles. The smallest absolute Gasteiger partial charge is 0.0656 e. The van der Waals surface area contributed by atoms with Crippen molar-refractivity contribution >= 4 is 0 Å². The third-order valence-electron chi connectivity index (χ3n) is 4.59. The Kier molecular flexibility index (Phi) is 22.1. The molecule has 0 bridgehead atoms. The summed E-state index contributed by atoms with van der Waals surface area (Å²) in [4.78, 5) is 0. The van der Waals surface area contributed by atoms with E-state index in [0.717, 1.165) is 32.1 Å². The van der Waals surface area contributed by atoms with Crippen molar-refractivity contribution < 1.29 is 0 Å². The molecule has 150 valence electrons. The first-order valence-corrected chi connectivity index (χ1v) is 10.6. The van der Waals surface area contributed by atoms with E-state index in [1.54, 1.807) is 0 Å². The van der Waals surface area contributed by atoms with Crippen LogP contribution in [-0.2, 0) is 0 Å². The molecule has 0 aliphatic heterocycles. The van der Waals surface area contributed by atoms with E-state index in [-0.39, 0.29) is 17.8 Å². The predicted octanol–water partition coefficient (Wildman–Crippen LogP) is 7.05. The first-order valence-electron chi connectivity index (χ1n) is 10.6. The molecule has 27 heavy (non-hydrogen) atoms. The number of nitriles is 4. The minimum atomic E-state index is -0.0527. The van der Waals surface area contributed by atoms with E-state index in [4.69, 9.17) is 21.0 Å². The Bertz CT molecular complexity index is 486. The predicted molar refractivity (Wildman–Crippen MR) is 110 cm³/mol. The van der Waals surface area contributed by atoms with Crippen molar-refractivity contribution in [3.63, 3.8) is 0 Å². The molecular weight excluding hydrogens is 332 g/mol. The second-order valence-electron chi connectivity index (χ2n) is 7.44. The molecule has 4 nitrogen and oxygen atoms in total. The summed E-state index contributed by atoms with van der Waals surface area (Å²) in [5.41, 5.74) is 0. The molecule has 3 atom stereocenters. The molecule has 0 saturated carbocycles. The van der Waals surface area contributed by atoms with Gasteiger partial charge in [0.15, 0.2) is 0 Å². The number of hydrogen-bond donors (Lipinski definition) is 0. The summed E-state index contributed by atoms with van der Waals surface area (Å²) in [5.74, 6) is -0.0219. The Hall–Kier alpha value is -2.04. The summed E-state index contributed by atoms with van der Waals surface area (Å²) < 4.78 is 0. The lowest BCUT2D eigenvalue weighted by Crippen LogP contribution is -2.04. The molecule has 0 spiro atoms. The van der Waals surface area contributed by atoms with Gasteiger partial charge in [0.25, 0.3) is 0 Å². The highest BCUT2D eigenvalue weighted by Crippen LogP contribution is 2.18. The fourth-order valence-electron chi connectivity index (χ4n) is 2.79. The van der Waals surface area contributed by atoms with Gasteiger partial charge in [0.1, 0.15) is 0 Å². The molecule has 0 amide bonds. The fourth-order valence-corrected chi connectivity index (χ4v) is 2.79. The van der Waals surface area contributed by atoms with Gasteiger partial charge < -0.3 is 0 Å². The summed E-state index contributed by atoms with van der Waals surface area (Å²) in [6.45, 7) is 5.97. The van der Waals surface area contributed by atoms with Gasteiger partial charge in [0.05, 0.1) is 24.3 Å². The number of hydrogen-bond acceptors (Lipinski definition) is 4. The third kappa shape index (κ3) is 21.9. The first kappa shape index (κ1) is 27.2. The molecule has 0 heterocycles. The van der Waals surface area contributed by atoms with Crippen LogP contribution in [0, 0.1) is 63.1 Å². The van der Waals surface area contributed by atoms with Crippen LogP contribution < -0.4 is 0 Å². The third-order valence-corrected chi connectivity index (χ3v) is 4.59. The topological polar surface area (TPSA) is 95.2 Å². The quantitative estimate of drug-likeness (QED) is 0.306. The average Bonchev–Trinajstić information content (AvgIpc) is 2.69. The van der Waals surface area contributed by atoms with Crippen molar-refractivity contribution in [1.82, 2.24) is 0 Å². The van der Waals surface area contributed by atoms with Crippen molar-refractivity contribution in [2.24, 2.45) is 17.8 Å². The van der Waals surface area contributed by atoms with Crippen LogP contribution in [0.4, 0.5) is 0 Å². The van der Waals surface area contributed by atoms with Gasteiger partial charge >= 0.3 is 0 Å². The maximum Gasteiger partial charge on any atom is 0.0656 e. The first-order chi connectivity index (χ1) is 13.0. The standard InChI is InChI=1S/C12H17N3.C11H21N/c1-10(7-13)4-3-5-12(9-15)6-11(2)8-14;1-2-3-4-5-6-7-8-9-10-11-12/h10-12H,3-6H2,1-2H3;2-10H2,1H3. The molecular formula is C23H38N4. The van der Waals surface area contributed by atoms with Gasteiger partial charge in [-0.1, -0.05) is 58.3 Å². The van der Waals surface area contributed by atoms with Crippen molar-refractivity contribution in [3.05, 3.63) is 0 Å². The van der Waals surface area contributed by atoms with Crippen LogP contribution in [0.15, 0.2) is 0 Å². The summed E-state index contributed by atoms with van der Waals surface area (Å²) >= 11 is 0. The molecule has 0 aromatic heterocycles. The molecule has 3 unspecified atom stereocenters. The molecule has 0 rings (SSSR count). The monoisotopic (exact) mass is 370 g/mol. The van der Waals surface area contributed by atoms with Crippen molar-refractivity contribution in [2.75, 3.05) is 0 Å². The lowest BCUT2D eigenvalue weighted by atomic mass is 9.92. The van der Waals surface area contributed by atoms with Crippen LogP contribution in [0.2, 0.25) is 0 Å². The van der Waals surface area contributed by atoms with Crippen LogP contribution in [0.1, 0.15) is 104 Å². The molecule has 0 radical (unpaired) electrons. The van der Waals surface area contributed by atoms with E-state index >= 15 is 0 Å². The molecule has 4 heteroatoms. The zero-order valence-corrected chi connectivity index (χ0v) is 17.7. The van der Waals surface area contributed by atoms with Crippen LogP contribution in [0.3, 0.4) is 0 Å². The second-order valence-corrected chi connectivity index (χ2v) is 7.44.